The second kappa shape index (κ2) is 8.57. The molecule has 0 bridgehead atoms. The van der Waals surface area contributed by atoms with E-state index in [0.29, 0.717) is 0 Å². The van der Waals surface area contributed by atoms with Crippen LogP contribution in [0.5, 0.6) is 0 Å². The van der Waals surface area contributed by atoms with Crippen LogP contribution in [0.15, 0.2) is 29.8 Å². The van der Waals surface area contributed by atoms with E-state index in [0.717, 1.165) is 12.1 Å². The SMILES string of the molecule is CCOC(=O)C1=CC2(CCC1S(=O)(=O)Nc1ccc(F)cc1Cl)OCC(CO)O2. The molecule has 0 aromatic heterocycles. The first-order chi connectivity index (χ1) is 13.7. The highest BCUT2D eigenvalue weighted by molar-refractivity contribution is 7.93. The Morgan fingerprint density at radius 1 is 1.48 bits per heavy atom. The van der Waals surface area contributed by atoms with Crippen molar-refractivity contribution in [3.63, 3.8) is 0 Å². The Labute approximate surface area is 172 Å². The van der Waals surface area contributed by atoms with Gasteiger partial charge in [0.2, 0.25) is 10.0 Å². The number of hydrogen-bond donors (Lipinski definition) is 2. The number of halogens is 2. The number of hydrogen-bond acceptors (Lipinski definition) is 7. The van der Waals surface area contributed by atoms with Gasteiger partial charge in [0.05, 0.1) is 36.1 Å². The molecule has 3 unspecified atom stereocenters. The van der Waals surface area contributed by atoms with Crippen molar-refractivity contribution in [3.05, 3.63) is 40.7 Å². The predicted octanol–water partition coefficient (Wildman–Crippen LogP) is 1.98. The van der Waals surface area contributed by atoms with Crippen LogP contribution in [0.2, 0.25) is 5.02 Å². The van der Waals surface area contributed by atoms with Crippen molar-refractivity contribution < 1.29 is 36.9 Å². The molecule has 11 heteroatoms. The molecule has 160 valence electrons. The average molecular weight is 450 g/mol. The van der Waals surface area contributed by atoms with E-state index in [1.807, 2.05) is 0 Å². The molecule has 8 nitrogen and oxygen atoms in total. The molecular formula is C18H21ClFNO7S. The van der Waals surface area contributed by atoms with Crippen LogP contribution in [0, 0.1) is 5.82 Å². The van der Waals surface area contributed by atoms with E-state index in [4.69, 9.17) is 25.8 Å². The summed E-state index contributed by atoms with van der Waals surface area (Å²) in [4.78, 5) is 12.5. The number of anilines is 1. The summed E-state index contributed by atoms with van der Waals surface area (Å²) >= 11 is 5.92. The van der Waals surface area contributed by atoms with Crippen LogP contribution in [-0.2, 0) is 29.0 Å². The molecule has 1 aliphatic heterocycles. The van der Waals surface area contributed by atoms with Gasteiger partial charge in [-0.25, -0.2) is 17.6 Å². The lowest BCUT2D eigenvalue weighted by molar-refractivity contribution is -0.148. The molecule has 0 saturated carbocycles. The van der Waals surface area contributed by atoms with Gasteiger partial charge in [-0.15, -0.1) is 0 Å². The summed E-state index contributed by atoms with van der Waals surface area (Å²) in [5.41, 5.74) is -0.146. The van der Waals surface area contributed by atoms with Crippen LogP contribution in [0.3, 0.4) is 0 Å². The molecule has 0 radical (unpaired) electrons. The zero-order valence-electron chi connectivity index (χ0n) is 15.6. The third-order valence-corrected chi connectivity index (χ3v) is 6.69. The largest absolute Gasteiger partial charge is 0.463 e. The Bertz CT molecular complexity index is 923. The lowest BCUT2D eigenvalue weighted by atomic mass is 9.94. The quantitative estimate of drug-likeness (QED) is 0.639. The zero-order chi connectivity index (χ0) is 21.2. The van der Waals surface area contributed by atoms with E-state index in [9.17, 15) is 22.7 Å². The number of esters is 1. The van der Waals surface area contributed by atoms with Crippen LogP contribution < -0.4 is 4.72 Å². The number of rotatable bonds is 6. The summed E-state index contributed by atoms with van der Waals surface area (Å²) in [6.45, 7) is 1.50. The smallest absolute Gasteiger partial charge is 0.335 e. The van der Waals surface area contributed by atoms with E-state index in [1.165, 1.54) is 12.1 Å². The molecular weight excluding hydrogens is 429 g/mol. The number of benzene rings is 1. The maximum atomic E-state index is 13.2. The topological polar surface area (TPSA) is 111 Å². The Morgan fingerprint density at radius 3 is 2.86 bits per heavy atom. The van der Waals surface area contributed by atoms with E-state index in [1.54, 1.807) is 6.92 Å². The van der Waals surface area contributed by atoms with E-state index in [2.05, 4.69) is 4.72 Å². The second-order valence-electron chi connectivity index (χ2n) is 6.66. The maximum Gasteiger partial charge on any atom is 0.335 e. The Morgan fingerprint density at radius 2 is 2.24 bits per heavy atom. The molecule has 2 N–H and O–H groups in total. The molecule has 1 saturated heterocycles. The first-order valence-electron chi connectivity index (χ1n) is 8.99. The first kappa shape index (κ1) is 22.0. The summed E-state index contributed by atoms with van der Waals surface area (Å²) in [5.74, 6) is -2.72. The molecule has 1 spiro atoms. The summed E-state index contributed by atoms with van der Waals surface area (Å²) in [6.07, 6.45) is 0.880. The monoisotopic (exact) mass is 449 g/mol. The van der Waals surface area contributed by atoms with E-state index >= 15 is 0 Å². The van der Waals surface area contributed by atoms with Gasteiger partial charge in [0, 0.05) is 6.42 Å². The van der Waals surface area contributed by atoms with Crippen LogP contribution in [0.25, 0.3) is 0 Å². The Hall–Kier alpha value is -1.72. The summed E-state index contributed by atoms with van der Waals surface area (Å²) < 4.78 is 57.9. The minimum atomic E-state index is -4.14. The van der Waals surface area contributed by atoms with E-state index in [-0.39, 0.29) is 48.9 Å². The van der Waals surface area contributed by atoms with Crippen LogP contribution >= 0.6 is 11.6 Å². The lowest BCUT2D eigenvalue weighted by Gasteiger charge is -2.33. The Balaban J connectivity index is 1.93. The highest BCUT2D eigenvalue weighted by Gasteiger charge is 2.48. The van der Waals surface area contributed by atoms with Gasteiger partial charge in [-0.1, -0.05) is 11.6 Å². The van der Waals surface area contributed by atoms with Gasteiger partial charge in [-0.3, -0.25) is 4.72 Å². The summed E-state index contributed by atoms with van der Waals surface area (Å²) in [5, 5.41) is 7.90. The van der Waals surface area contributed by atoms with Gasteiger partial charge in [0.15, 0.2) is 5.79 Å². The van der Waals surface area contributed by atoms with Gasteiger partial charge in [-0.2, -0.15) is 0 Å². The fraction of sp³-hybridized carbons (Fsp3) is 0.500. The molecule has 29 heavy (non-hydrogen) atoms. The molecule has 2 aliphatic rings. The molecule has 3 rings (SSSR count). The highest BCUT2D eigenvalue weighted by Crippen LogP contribution is 2.39. The normalized spacial score (nSPS) is 27.0. The number of carbonyl (C=O) groups excluding carboxylic acids is 1. The minimum absolute atomic E-state index is 0.00303. The standard InChI is InChI=1S/C18H21ClFNO7S/c1-2-26-17(23)13-8-18(27-10-12(9-22)28-18)6-5-16(13)29(24,25)21-15-4-3-11(20)7-14(15)19/h3-4,7-8,12,16,21-22H,2,5-6,9-10H2,1H3. The summed E-state index contributed by atoms with van der Waals surface area (Å²) in [7, 11) is -4.14. The van der Waals surface area contributed by atoms with Crippen molar-refractivity contribution in [2.45, 2.75) is 36.9 Å². The molecule has 1 heterocycles. The van der Waals surface area contributed by atoms with Crippen LogP contribution in [-0.4, -0.2) is 56.5 Å². The first-order valence-corrected chi connectivity index (χ1v) is 10.9. The van der Waals surface area contributed by atoms with Crippen LogP contribution in [0.1, 0.15) is 19.8 Å². The number of aliphatic hydroxyl groups is 1. The molecule has 1 fully saturated rings. The lowest BCUT2D eigenvalue weighted by Crippen LogP contribution is -2.42. The van der Waals surface area contributed by atoms with Crippen molar-refractivity contribution in [2.75, 3.05) is 24.5 Å². The fourth-order valence-electron chi connectivity index (χ4n) is 3.29. The van der Waals surface area contributed by atoms with Crippen molar-refractivity contribution in [3.8, 4) is 0 Å². The zero-order valence-corrected chi connectivity index (χ0v) is 17.1. The molecule has 1 aromatic carbocycles. The third kappa shape index (κ3) is 4.72. The molecule has 1 aromatic rings. The number of sulfonamides is 1. The number of carbonyl (C=O) groups is 1. The van der Waals surface area contributed by atoms with Crippen LogP contribution in [0.4, 0.5) is 10.1 Å². The maximum absolute atomic E-state index is 13.2. The molecule has 0 amide bonds. The van der Waals surface area contributed by atoms with Crippen molar-refractivity contribution >= 4 is 33.3 Å². The predicted molar refractivity (Wildman–Crippen MR) is 102 cm³/mol. The fourth-order valence-corrected chi connectivity index (χ4v) is 5.12. The van der Waals surface area contributed by atoms with Gasteiger partial charge in [-0.05, 0) is 37.6 Å². The molecule has 3 atom stereocenters. The molecule has 1 aliphatic carbocycles. The number of ether oxygens (including phenoxy) is 3. The van der Waals surface area contributed by atoms with Gasteiger partial charge < -0.3 is 19.3 Å². The van der Waals surface area contributed by atoms with Crippen molar-refractivity contribution in [1.82, 2.24) is 0 Å². The Kier molecular flexibility index (Phi) is 6.49. The van der Waals surface area contributed by atoms with Gasteiger partial charge in [0.25, 0.3) is 0 Å². The van der Waals surface area contributed by atoms with Crippen molar-refractivity contribution in [1.29, 1.82) is 0 Å². The average Bonchev–Trinajstić information content (AvgIpc) is 3.06. The minimum Gasteiger partial charge on any atom is -0.463 e. The number of nitrogens with one attached hydrogen (secondary N) is 1. The van der Waals surface area contributed by atoms with Crippen molar-refractivity contribution in [2.24, 2.45) is 0 Å². The second-order valence-corrected chi connectivity index (χ2v) is 8.93. The third-order valence-electron chi connectivity index (χ3n) is 4.63. The highest BCUT2D eigenvalue weighted by atomic mass is 35.5. The van der Waals surface area contributed by atoms with Gasteiger partial charge >= 0.3 is 5.97 Å². The van der Waals surface area contributed by atoms with Gasteiger partial charge in [0.1, 0.15) is 17.2 Å². The summed E-state index contributed by atoms with van der Waals surface area (Å²) in [6, 6.07) is 3.24. The number of aliphatic hydroxyl groups excluding tert-OH is 1. The van der Waals surface area contributed by atoms with E-state index < -0.39 is 39.0 Å².